The predicted molar refractivity (Wildman–Crippen MR) is 136 cm³/mol. The van der Waals surface area contributed by atoms with E-state index >= 15 is 0 Å². The van der Waals surface area contributed by atoms with Crippen molar-refractivity contribution < 1.29 is 9.59 Å². The second-order valence-corrected chi connectivity index (χ2v) is 10.2. The average molecular weight is 467 g/mol. The van der Waals surface area contributed by atoms with Gasteiger partial charge < -0.3 is 10.2 Å². The Morgan fingerprint density at radius 2 is 2.00 bits per heavy atom. The molecule has 6 heteroatoms. The molecular formula is C28H42N4O2. The van der Waals surface area contributed by atoms with Gasteiger partial charge in [0.2, 0.25) is 5.91 Å². The quantitative estimate of drug-likeness (QED) is 0.573. The van der Waals surface area contributed by atoms with Crippen molar-refractivity contribution >= 4 is 11.9 Å². The molecule has 1 aromatic carbocycles. The molecule has 0 aliphatic carbocycles. The molecule has 0 saturated carbocycles. The first-order chi connectivity index (χ1) is 16.5. The van der Waals surface area contributed by atoms with Crippen LogP contribution < -0.4 is 5.32 Å². The lowest BCUT2D eigenvalue weighted by molar-refractivity contribution is -0.152. The van der Waals surface area contributed by atoms with Crippen LogP contribution in [0.25, 0.3) is 0 Å². The van der Waals surface area contributed by atoms with Crippen LogP contribution in [0.4, 0.5) is 4.79 Å². The summed E-state index contributed by atoms with van der Waals surface area (Å²) in [5, 5.41) is 7.07. The van der Waals surface area contributed by atoms with E-state index < -0.39 is 0 Å². The SMILES string of the molecule is C#CCN1CCCC[C@@H]2[C@@H](CCC)C(=O)N(CCC(C)C)C[C@@H]2N1C(=O)NCc1ccccc1. The second-order valence-electron chi connectivity index (χ2n) is 10.2. The van der Waals surface area contributed by atoms with Gasteiger partial charge in [-0.25, -0.2) is 9.80 Å². The fourth-order valence-corrected chi connectivity index (χ4v) is 5.44. The highest BCUT2D eigenvalue weighted by Crippen LogP contribution is 2.37. The maximum atomic E-state index is 13.7. The molecule has 2 aliphatic heterocycles. The molecule has 1 aromatic rings. The van der Waals surface area contributed by atoms with E-state index in [1.165, 1.54) is 0 Å². The minimum Gasteiger partial charge on any atom is -0.340 e. The Morgan fingerprint density at radius 3 is 2.68 bits per heavy atom. The number of urea groups is 1. The molecule has 3 amide bonds. The summed E-state index contributed by atoms with van der Waals surface area (Å²) in [4.78, 5) is 29.3. The summed E-state index contributed by atoms with van der Waals surface area (Å²) in [6, 6.07) is 9.77. The lowest BCUT2D eigenvalue weighted by atomic mass is 9.75. The molecule has 0 bridgehead atoms. The molecule has 6 nitrogen and oxygen atoms in total. The third-order valence-electron chi connectivity index (χ3n) is 7.21. The Bertz CT molecular complexity index is 835. The molecule has 3 rings (SSSR count). The third kappa shape index (κ3) is 6.54. The second kappa shape index (κ2) is 12.8. The van der Waals surface area contributed by atoms with Gasteiger partial charge in [0.1, 0.15) is 0 Å². The van der Waals surface area contributed by atoms with Gasteiger partial charge in [0.15, 0.2) is 0 Å². The lowest BCUT2D eigenvalue weighted by Crippen LogP contribution is -2.66. The van der Waals surface area contributed by atoms with Gasteiger partial charge in [0.05, 0.1) is 12.6 Å². The number of terminal acetylenes is 1. The monoisotopic (exact) mass is 466 g/mol. The molecule has 0 radical (unpaired) electrons. The topological polar surface area (TPSA) is 55.9 Å². The molecule has 2 fully saturated rings. The van der Waals surface area contributed by atoms with E-state index in [1.807, 2.05) is 45.2 Å². The highest BCUT2D eigenvalue weighted by molar-refractivity contribution is 5.81. The molecule has 2 saturated heterocycles. The number of hydrogen-bond donors (Lipinski definition) is 1. The van der Waals surface area contributed by atoms with E-state index in [1.54, 1.807) is 0 Å². The Balaban J connectivity index is 1.91. The molecule has 34 heavy (non-hydrogen) atoms. The summed E-state index contributed by atoms with van der Waals surface area (Å²) in [5.74, 6) is 3.68. The molecule has 186 valence electrons. The molecule has 0 unspecified atom stereocenters. The number of nitrogens with one attached hydrogen (secondary N) is 1. The molecule has 2 aliphatic rings. The lowest BCUT2D eigenvalue weighted by Gasteiger charge is -2.51. The minimum atomic E-state index is -0.121. The number of amides is 3. The molecule has 1 N–H and O–H groups in total. The van der Waals surface area contributed by atoms with Gasteiger partial charge in [-0.1, -0.05) is 69.9 Å². The first kappa shape index (κ1) is 26.1. The number of fused-ring (bicyclic) bond motifs is 1. The Morgan fingerprint density at radius 1 is 1.24 bits per heavy atom. The number of carbonyl (C=O) groups is 2. The van der Waals surface area contributed by atoms with E-state index in [-0.39, 0.29) is 29.8 Å². The summed E-state index contributed by atoms with van der Waals surface area (Å²) < 4.78 is 0. The van der Waals surface area contributed by atoms with Gasteiger partial charge in [-0.05, 0) is 43.1 Å². The number of likely N-dealkylation sites (tertiary alicyclic amines) is 1. The Hall–Kier alpha value is -2.52. The Kier molecular flexibility index (Phi) is 9.83. The van der Waals surface area contributed by atoms with Crippen LogP contribution in [-0.2, 0) is 11.3 Å². The average Bonchev–Trinajstić information content (AvgIpc) is 2.81. The van der Waals surface area contributed by atoms with Crippen LogP contribution in [0.5, 0.6) is 0 Å². The van der Waals surface area contributed by atoms with Gasteiger partial charge in [0.25, 0.3) is 0 Å². The van der Waals surface area contributed by atoms with Crippen molar-refractivity contribution in [2.24, 2.45) is 17.8 Å². The van der Waals surface area contributed by atoms with E-state index in [9.17, 15) is 9.59 Å². The van der Waals surface area contributed by atoms with Gasteiger partial charge in [-0.3, -0.25) is 9.80 Å². The highest BCUT2D eigenvalue weighted by atomic mass is 16.2. The van der Waals surface area contributed by atoms with Gasteiger partial charge in [0, 0.05) is 32.1 Å². The zero-order valence-electron chi connectivity index (χ0n) is 21.2. The van der Waals surface area contributed by atoms with Crippen LogP contribution in [0, 0.1) is 30.1 Å². The van der Waals surface area contributed by atoms with Gasteiger partial charge in [-0.15, -0.1) is 6.42 Å². The van der Waals surface area contributed by atoms with Crippen molar-refractivity contribution in [1.82, 2.24) is 20.2 Å². The number of rotatable bonds is 8. The fourth-order valence-electron chi connectivity index (χ4n) is 5.44. The van der Waals surface area contributed by atoms with Gasteiger partial charge >= 0.3 is 6.03 Å². The van der Waals surface area contributed by atoms with Crippen LogP contribution in [0.2, 0.25) is 0 Å². The smallest absolute Gasteiger partial charge is 0.332 e. The normalized spacial score (nSPS) is 23.7. The van der Waals surface area contributed by atoms with Crippen molar-refractivity contribution in [1.29, 1.82) is 0 Å². The van der Waals surface area contributed by atoms with Crippen molar-refractivity contribution in [2.75, 3.05) is 26.2 Å². The van der Waals surface area contributed by atoms with Gasteiger partial charge in [-0.2, -0.15) is 0 Å². The third-order valence-corrected chi connectivity index (χ3v) is 7.21. The van der Waals surface area contributed by atoms with Crippen LogP contribution in [0.1, 0.15) is 64.9 Å². The summed E-state index contributed by atoms with van der Waals surface area (Å²) in [5.41, 5.74) is 1.06. The predicted octanol–water partition coefficient (Wildman–Crippen LogP) is 4.52. The number of nitrogens with zero attached hydrogens (tertiary/aromatic N) is 3. The van der Waals surface area contributed by atoms with Crippen LogP contribution in [0.15, 0.2) is 30.3 Å². The van der Waals surface area contributed by atoms with E-state index in [2.05, 4.69) is 32.0 Å². The minimum absolute atomic E-state index is 0.0360. The van der Waals surface area contributed by atoms with Crippen molar-refractivity contribution in [3.63, 3.8) is 0 Å². The summed E-state index contributed by atoms with van der Waals surface area (Å²) in [6.45, 7) is 9.46. The first-order valence-electron chi connectivity index (χ1n) is 13.0. The molecule has 3 atom stereocenters. The first-order valence-corrected chi connectivity index (χ1v) is 13.0. The zero-order valence-corrected chi connectivity index (χ0v) is 21.2. The maximum absolute atomic E-state index is 13.7. The largest absolute Gasteiger partial charge is 0.340 e. The van der Waals surface area contributed by atoms with E-state index in [4.69, 9.17) is 6.42 Å². The van der Waals surface area contributed by atoms with Crippen LogP contribution >= 0.6 is 0 Å². The van der Waals surface area contributed by atoms with Crippen molar-refractivity contribution in [3.05, 3.63) is 35.9 Å². The fraction of sp³-hybridized carbons (Fsp3) is 0.643. The highest BCUT2D eigenvalue weighted by Gasteiger charge is 2.47. The van der Waals surface area contributed by atoms with Crippen LogP contribution in [0.3, 0.4) is 0 Å². The molecule has 0 aromatic heterocycles. The maximum Gasteiger partial charge on any atom is 0.332 e. The number of hydrogen-bond acceptors (Lipinski definition) is 3. The Labute approximate surface area is 206 Å². The summed E-state index contributed by atoms with van der Waals surface area (Å²) in [6.07, 6.45) is 11.5. The number of benzene rings is 1. The standard InChI is InChI=1S/C28H42N4O2/c1-5-12-25-24-15-10-11-18-31(17-6-2)32(28(34)29-20-23-13-8-7-9-14-23)26(24)21-30(27(25)33)19-16-22(3)4/h2,7-9,13-14,22,24-26H,5,10-12,15-21H2,1,3-4H3,(H,29,34)/t24-,25-,26+/m1/s1. The zero-order chi connectivity index (χ0) is 24.5. The number of carbonyl (C=O) groups excluding carboxylic acids is 2. The van der Waals surface area contributed by atoms with E-state index in [0.29, 0.717) is 25.6 Å². The van der Waals surface area contributed by atoms with Crippen molar-refractivity contribution in [2.45, 2.75) is 71.9 Å². The summed E-state index contributed by atoms with van der Waals surface area (Å²) in [7, 11) is 0. The molecule has 2 heterocycles. The summed E-state index contributed by atoms with van der Waals surface area (Å²) >= 11 is 0. The molecule has 0 spiro atoms. The molecular weight excluding hydrogens is 424 g/mol. The number of hydrazine groups is 1. The van der Waals surface area contributed by atoms with Crippen molar-refractivity contribution in [3.8, 4) is 12.3 Å². The number of piperidine rings is 1. The van der Waals surface area contributed by atoms with Crippen LogP contribution in [-0.4, -0.2) is 59.1 Å². The van der Waals surface area contributed by atoms with E-state index in [0.717, 1.165) is 57.2 Å².